The first-order valence-electron chi connectivity index (χ1n) is 12.1. The van der Waals surface area contributed by atoms with Gasteiger partial charge in [0, 0.05) is 0 Å². The summed E-state index contributed by atoms with van der Waals surface area (Å²) in [5, 5.41) is 0.933. The number of aromatic nitrogens is 2. The van der Waals surface area contributed by atoms with E-state index in [1.165, 1.54) is 61.4 Å². The monoisotopic (exact) mass is 640 g/mol. The molecule has 0 saturated carbocycles. The lowest BCUT2D eigenvalue weighted by Gasteiger charge is -2.21. The Morgan fingerprint density at radius 1 is 0.780 bits per heavy atom. The summed E-state index contributed by atoms with van der Waals surface area (Å²) in [6.07, 6.45) is 8.82. The molecule has 0 amide bonds. The Balaban J connectivity index is 0.000000389. The topological polar surface area (TPSA) is 175 Å². The molecule has 4 aromatic rings. The van der Waals surface area contributed by atoms with Crippen LogP contribution in [0.15, 0.2) is 106 Å². The highest BCUT2D eigenvalue weighted by Gasteiger charge is 2.22. The first kappa shape index (κ1) is 32.5. The van der Waals surface area contributed by atoms with Crippen LogP contribution < -0.4 is 20.5 Å². The molecule has 0 saturated heterocycles. The van der Waals surface area contributed by atoms with Crippen LogP contribution in [0.4, 0.5) is 0 Å². The van der Waals surface area contributed by atoms with E-state index >= 15 is 0 Å². The summed E-state index contributed by atoms with van der Waals surface area (Å²) in [7, 11) is -13.7. The van der Waals surface area contributed by atoms with E-state index in [-0.39, 0.29) is 0 Å². The molecule has 11 nitrogen and oxygen atoms in total. The fourth-order valence-corrected chi connectivity index (χ4v) is 8.00. The second-order valence-electron chi connectivity index (χ2n) is 8.90. The van der Waals surface area contributed by atoms with E-state index in [2.05, 4.69) is 34.8 Å². The Bertz CT molecular complexity index is 1660. The Labute approximate surface area is 241 Å². The average Bonchev–Trinajstić information content (AvgIpc) is 3.32. The number of unbranched alkanes of at least 4 members (excludes halogenated alkanes) is 1. The summed E-state index contributed by atoms with van der Waals surface area (Å²) in [6.45, 7) is 3.36. The van der Waals surface area contributed by atoms with E-state index < -0.39 is 53.0 Å². The third-order valence-corrected chi connectivity index (χ3v) is 10.6. The van der Waals surface area contributed by atoms with E-state index in [0.717, 1.165) is 30.8 Å². The zero-order valence-corrected chi connectivity index (χ0v) is 25.4. The van der Waals surface area contributed by atoms with Gasteiger partial charge >= 0.3 is 0 Å². The highest BCUT2D eigenvalue weighted by Crippen LogP contribution is 2.34. The quantitative estimate of drug-likeness (QED) is 0.157. The van der Waals surface area contributed by atoms with Crippen molar-refractivity contribution in [2.24, 2.45) is 7.05 Å². The molecule has 2 N–H and O–H groups in total. The number of hydrogen-bond acceptors (Lipinski definition) is 7. The predicted octanol–water partition coefficient (Wildman–Crippen LogP) is 1.96. The van der Waals surface area contributed by atoms with Crippen molar-refractivity contribution in [1.82, 2.24) is 4.57 Å². The van der Waals surface area contributed by atoms with Gasteiger partial charge in [-0.1, -0.05) is 49.7 Å². The van der Waals surface area contributed by atoms with Crippen molar-refractivity contribution in [1.29, 1.82) is 0 Å². The van der Waals surface area contributed by atoms with Crippen LogP contribution in [0.3, 0.4) is 0 Å². The largest absolute Gasteiger partial charge is 0.744 e. The molecule has 1 heterocycles. The molecule has 0 spiro atoms. The fourth-order valence-electron chi connectivity index (χ4n) is 3.77. The molecule has 0 radical (unpaired) electrons. The van der Waals surface area contributed by atoms with Crippen molar-refractivity contribution in [2.45, 2.75) is 41.0 Å². The molecule has 0 aliphatic carbocycles. The Morgan fingerprint density at radius 2 is 1.22 bits per heavy atom. The maximum Gasteiger partial charge on any atom is 0.294 e. The summed E-state index contributed by atoms with van der Waals surface area (Å²) in [5.41, 5.74) is 0. The van der Waals surface area contributed by atoms with Crippen LogP contribution in [0.2, 0.25) is 0 Å². The lowest BCUT2D eigenvalue weighted by Crippen LogP contribution is -2.23. The third-order valence-electron chi connectivity index (χ3n) is 5.71. The maximum atomic E-state index is 11.6. The minimum atomic E-state index is -4.80. The lowest BCUT2D eigenvalue weighted by atomic mass is 10.3. The van der Waals surface area contributed by atoms with Crippen LogP contribution >= 0.6 is 7.92 Å². The molecule has 0 aliphatic rings. The van der Waals surface area contributed by atoms with Gasteiger partial charge < -0.3 is 4.55 Å². The molecule has 0 bridgehead atoms. The molecular weight excluding hydrogens is 611 g/mol. The second-order valence-corrected chi connectivity index (χ2v) is 15.3. The number of imidazole rings is 1. The summed E-state index contributed by atoms with van der Waals surface area (Å²) in [5.74, 6) is 0. The summed E-state index contributed by atoms with van der Waals surface area (Å²) >= 11 is 0. The number of nitrogens with zero attached hydrogens (tertiary/aromatic N) is 2. The third kappa shape index (κ3) is 9.27. The molecule has 41 heavy (non-hydrogen) atoms. The van der Waals surface area contributed by atoms with Crippen molar-refractivity contribution in [3.63, 3.8) is 0 Å². The van der Waals surface area contributed by atoms with Gasteiger partial charge in [-0.25, -0.2) is 17.6 Å². The molecule has 4 rings (SSSR count). The zero-order chi connectivity index (χ0) is 30.4. The molecule has 15 heteroatoms. The Kier molecular flexibility index (Phi) is 10.6. The second kappa shape index (κ2) is 13.3. The number of rotatable bonds is 9. The van der Waals surface area contributed by atoms with Crippen LogP contribution in [-0.2, 0) is 43.9 Å². The van der Waals surface area contributed by atoms with Crippen molar-refractivity contribution in [3.8, 4) is 0 Å². The molecule has 0 unspecified atom stereocenters. The SMILES string of the molecule is CCCCn1cc[n+](C)c1.O=S(=O)([O-])c1cccc(P(c2cccc(S(=O)(=O)O)c2)c2cccc(S(=O)(=O)O)c2)c1. The number of hydrogen-bond donors (Lipinski definition) is 2. The van der Waals surface area contributed by atoms with E-state index in [1.807, 2.05) is 7.05 Å². The van der Waals surface area contributed by atoms with E-state index in [1.54, 1.807) is 0 Å². The molecule has 0 fully saturated rings. The van der Waals surface area contributed by atoms with Gasteiger partial charge in [-0.3, -0.25) is 9.11 Å². The van der Waals surface area contributed by atoms with Gasteiger partial charge in [0.05, 0.1) is 28.3 Å². The van der Waals surface area contributed by atoms with Crippen molar-refractivity contribution in [2.75, 3.05) is 0 Å². The van der Waals surface area contributed by atoms with Crippen molar-refractivity contribution >= 4 is 54.2 Å². The lowest BCUT2D eigenvalue weighted by molar-refractivity contribution is -0.671. The molecule has 1 aromatic heterocycles. The first-order chi connectivity index (χ1) is 19.1. The maximum absolute atomic E-state index is 11.6. The van der Waals surface area contributed by atoms with Gasteiger partial charge in [0.15, 0.2) is 0 Å². The van der Waals surface area contributed by atoms with Crippen LogP contribution in [-0.4, -0.2) is 43.5 Å². The van der Waals surface area contributed by atoms with Gasteiger partial charge in [0.1, 0.15) is 22.5 Å². The minimum Gasteiger partial charge on any atom is -0.744 e. The van der Waals surface area contributed by atoms with Crippen LogP contribution in [0, 0.1) is 0 Å². The molecule has 0 atom stereocenters. The Hall–Kier alpha value is -2.97. The van der Waals surface area contributed by atoms with Gasteiger partial charge in [0.25, 0.3) is 20.2 Å². The normalized spacial score (nSPS) is 12.1. The van der Waals surface area contributed by atoms with Crippen molar-refractivity contribution < 1.29 is 43.5 Å². The van der Waals surface area contributed by atoms with Crippen LogP contribution in [0.1, 0.15) is 19.8 Å². The fraction of sp³-hybridized carbons (Fsp3) is 0.192. The Morgan fingerprint density at radius 3 is 1.59 bits per heavy atom. The highest BCUT2D eigenvalue weighted by atomic mass is 32.2. The molecule has 220 valence electrons. The number of benzene rings is 3. The van der Waals surface area contributed by atoms with Gasteiger partial charge in [0.2, 0.25) is 6.33 Å². The van der Waals surface area contributed by atoms with Crippen LogP contribution in [0.5, 0.6) is 0 Å². The summed E-state index contributed by atoms with van der Waals surface area (Å²) in [6, 6.07) is 15.4. The van der Waals surface area contributed by atoms with E-state index in [0.29, 0.717) is 15.9 Å². The summed E-state index contributed by atoms with van der Waals surface area (Å²) in [4.78, 5) is -1.36. The zero-order valence-electron chi connectivity index (χ0n) is 22.1. The predicted molar refractivity (Wildman–Crippen MR) is 153 cm³/mol. The van der Waals surface area contributed by atoms with Gasteiger partial charge in [-0.15, -0.1) is 0 Å². The summed E-state index contributed by atoms with van der Waals surface area (Å²) < 4.78 is 104. The smallest absolute Gasteiger partial charge is 0.294 e. The standard InChI is InChI=1S/C18H15O9PS3.C8H15N2/c19-29(20,21)16-7-1-4-13(10-16)28(14-5-2-8-17(11-14)30(22,23)24)15-6-3-9-18(12-15)31(25,26)27;1-3-4-5-10-7-6-9(2)8-10/h1-12H,(H,19,20,21)(H,22,23,24)(H,25,26,27);6-8H,3-5H2,1-2H3/q;+1/p-1. The average molecular weight is 641 g/mol. The van der Waals surface area contributed by atoms with E-state index in [9.17, 15) is 38.9 Å². The minimum absolute atomic E-state index is 0.298. The van der Waals surface area contributed by atoms with Crippen molar-refractivity contribution in [3.05, 3.63) is 91.5 Å². The number of aryl methyl sites for hydroxylation is 2. The first-order valence-corrected chi connectivity index (χ1v) is 17.7. The highest BCUT2D eigenvalue weighted by molar-refractivity contribution is 7.86. The molecule has 3 aromatic carbocycles. The molecule has 0 aliphatic heterocycles. The van der Waals surface area contributed by atoms with Gasteiger partial charge in [-0.2, -0.15) is 16.8 Å². The van der Waals surface area contributed by atoms with Crippen LogP contribution in [0.25, 0.3) is 0 Å². The molecular formula is C26H29N2O9PS3. The van der Waals surface area contributed by atoms with Gasteiger partial charge in [-0.05, 0) is 66.7 Å². The van der Waals surface area contributed by atoms with E-state index in [4.69, 9.17) is 0 Å².